The molecule has 1 radical (unpaired) electrons. The second kappa shape index (κ2) is 3.01. The standard InChI is InChI=1S/C7H7N2O2/c1-8(9(10)11)7-5-3-2-4-6-7/h2-6H,1H2. The third-order valence-corrected chi connectivity index (χ3v) is 1.25. The molecule has 0 aliphatic heterocycles. The maximum absolute atomic E-state index is 10.2. The zero-order valence-electron chi connectivity index (χ0n) is 5.80. The van der Waals surface area contributed by atoms with Gasteiger partial charge in [-0.1, -0.05) is 23.2 Å². The highest BCUT2D eigenvalue weighted by Gasteiger charge is 2.08. The summed E-state index contributed by atoms with van der Waals surface area (Å²) in [5, 5.41) is 10.3. The van der Waals surface area contributed by atoms with E-state index in [1.807, 2.05) is 0 Å². The summed E-state index contributed by atoms with van der Waals surface area (Å²) in [6, 6.07) is 8.47. The molecule has 0 heterocycles. The van der Waals surface area contributed by atoms with Crippen molar-refractivity contribution < 1.29 is 5.03 Å². The molecule has 1 aromatic rings. The van der Waals surface area contributed by atoms with E-state index >= 15 is 0 Å². The predicted molar refractivity (Wildman–Crippen MR) is 41.3 cm³/mol. The number of hydrazine groups is 1. The molecular weight excluding hydrogens is 144 g/mol. The van der Waals surface area contributed by atoms with Crippen molar-refractivity contribution in [1.29, 1.82) is 0 Å². The Labute approximate surface area is 64.2 Å². The molecule has 57 valence electrons. The Morgan fingerprint density at radius 1 is 1.36 bits per heavy atom. The molecule has 0 aliphatic rings. The summed E-state index contributed by atoms with van der Waals surface area (Å²) in [6.07, 6.45) is 0. The van der Waals surface area contributed by atoms with E-state index in [1.165, 1.54) is 0 Å². The van der Waals surface area contributed by atoms with Crippen molar-refractivity contribution in [2.75, 3.05) is 5.01 Å². The van der Waals surface area contributed by atoms with E-state index < -0.39 is 5.03 Å². The van der Waals surface area contributed by atoms with Gasteiger partial charge in [0.1, 0.15) is 12.7 Å². The van der Waals surface area contributed by atoms with Gasteiger partial charge in [-0.15, -0.1) is 0 Å². The van der Waals surface area contributed by atoms with Crippen LogP contribution in [0.15, 0.2) is 30.3 Å². The zero-order valence-corrected chi connectivity index (χ0v) is 5.80. The molecule has 0 atom stereocenters. The molecule has 4 heteroatoms. The number of hydrogen-bond donors (Lipinski definition) is 0. The Kier molecular flexibility index (Phi) is 2.06. The van der Waals surface area contributed by atoms with Crippen molar-refractivity contribution in [2.45, 2.75) is 0 Å². The average molecular weight is 151 g/mol. The minimum atomic E-state index is -0.574. The lowest BCUT2D eigenvalue weighted by Gasteiger charge is -2.05. The van der Waals surface area contributed by atoms with E-state index in [4.69, 9.17) is 0 Å². The van der Waals surface area contributed by atoms with Crippen molar-refractivity contribution in [3.05, 3.63) is 47.5 Å². The normalized spacial score (nSPS) is 9.18. The van der Waals surface area contributed by atoms with E-state index in [9.17, 15) is 10.1 Å². The molecule has 0 spiro atoms. The van der Waals surface area contributed by atoms with Gasteiger partial charge in [-0.2, -0.15) is 0 Å². The molecule has 0 aromatic heterocycles. The minimum Gasteiger partial charge on any atom is -0.234 e. The first kappa shape index (κ1) is 7.53. The maximum atomic E-state index is 10.2. The fourth-order valence-electron chi connectivity index (χ4n) is 0.694. The number of nitro groups is 1. The third-order valence-electron chi connectivity index (χ3n) is 1.25. The molecule has 0 N–H and O–H groups in total. The van der Waals surface area contributed by atoms with Gasteiger partial charge in [-0.25, -0.2) is 10.1 Å². The molecule has 11 heavy (non-hydrogen) atoms. The monoisotopic (exact) mass is 151 g/mol. The summed E-state index contributed by atoms with van der Waals surface area (Å²) in [6.45, 7) is 0. The van der Waals surface area contributed by atoms with Gasteiger partial charge < -0.3 is 0 Å². The van der Waals surface area contributed by atoms with Crippen molar-refractivity contribution in [3.63, 3.8) is 0 Å². The van der Waals surface area contributed by atoms with Gasteiger partial charge in [0.15, 0.2) is 5.03 Å². The topological polar surface area (TPSA) is 46.4 Å². The van der Waals surface area contributed by atoms with Crippen molar-refractivity contribution in [1.82, 2.24) is 0 Å². The summed E-state index contributed by atoms with van der Waals surface area (Å²) in [4.78, 5) is 10.2. The smallest absolute Gasteiger partial charge is 0.165 e. The van der Waals surface area contributed by atoms with Crippen LogP contribution in [0.25, 0.3) is 0 Å². The van der Waals surface area contributed by atoms with Crippen molar-refractivity contribution in [3.8, 4) is 0 Å². The Hall–Kier alpha value is -1.58. The lowest BCUT2D eigenvalue weighted by atomic mass is 10.3. The summed E-state index contributed by atoms with van der Waals surface area (Å²) in [5.41, 5.74) is 0.470. The van der Waals surface area contributed by atoms with Crippen LogP contribution in [-0.4, -0.2) is 5.03 Å². The molecule has 0 saturated heterocycles. The van der Waals surface area contributed by atoms with Crippen LogP contribution in [0.4, 0.5) is 5.69 Å². The summed E-state index contributed by atoms with van der Waals surface area (Å²) in [5.74, 6) is 0. The molecule has 0 amide bonds. The number of nitrogens with zero attached hydrogens (tertiary/aromatic N) is 2. The Morgan fingerprint density at radius 2 is 1.91 bits per heavy atom. The van der Waals surface area contributed by atoms with Crippen LogP contribution in [0.5, 0.6) is 0 Å². The van der Waals surface area contributed by atoms with E-state index in [0.717, 1.165) is 5.01 Å². The van der Waals surface area contributed by atoms with E-state index in [-0.39, 0.29) is 0 Å². The zero-order chi connectivity index (χ0) is 8.27. The van der Waals surface area contributed by atoms with Crippen LogP contribution in [0.1, 0.15) is 0 Å². The van der Waals surface area contributed by atoms with Gasteiger partial charge in [-0.05, 0) is 12.1 Å². The highest BCUT2D eigenvalue weighted by Crippen LogP contribution is 2.10. The lowest BCUT2D eigenvalue weighted by Crippen LogP contribution is -2.21. The maximum Gasteiger partial charge on any atom is 0.165 e. The Morgan fingerprint density at radius 3 is 2.36 bits per heavy atom. The fraction of sp³-hybridized carbons (Fsp3) is 0. The van der Waals surface area contributed by atoms with Gasteiger partial charge in [0.25, 0.3) is 0 Å². The fourth-order valence-corrected chi connectivity index (χ4v) is 0.694. The highest BCUT2D eigenvalue weighted by molar-refractivity contribution is 5.42. The van der Waals surface area contributed by atoms with Gasteiger partial charge in [-0.3, -0.25) is 0 Å². The molecule has 1 aromatic carbocycles. The van der Waals surface area contributed by atoms with E-state index in [0.29, 0.717) is 5.69 Å². The number of rotatable bonds is 2. The SMILES string of the molecule is [CH2]N(c1ccccc1)[N+](=O)[O-]. The van der Waals surface area contributed by atoms with Gasteiger partial charge in [0.05, 0.1) is 0 Å². The first-order valence-electron chi connectivity index (χ1n) is 3.02. The minimum absolute atomic E-state index is 0.470. The first-order valence-corrected chi connectivity index (χ1v) is 3.02. The largest absolute Gasteiger partial charge is 0.234 e. The molecule has 0 aliphatic carbocycles. The predicted octanol–water partition coefficient (Wildman–Crippen LogP) is 1.48. The van der Waals surface area contributed by atoms with Crippen LogP contribution in [0.2, 0.25) is 0 Å². The highest BCUT2D eigenvalue weighted by atomic mass is 16.7. The number of hydrogen-bond acceptors (Lipinski definition) is 2. The van der Waals surface area contributed by atoms with Crippen molar-refractivity contribution in [2.24, 2.45) is 0 Å². The van der Waals surface area contributed by atoms with Gasteiger partial charge >= 0.3 is 0 Å². The van der Waals surface area contributed by atoms with Crippen LogP contribution in [0.3, 0.4) is 0 Å². The number of para-hydroxylation sites is 1. The lowest BCUT2D eigenvalue weighted by molar-refractivity contribution is -0.486. The van der Waals surface area contributed by atoms with E-state index in [2.05, 4.69) is 7.05 Å². The average Bonchev–Trinajstić information content (AvgIpc) is 2.05. The summed E-state index contributed by atoms with van der Waals surface area (Å²) >= 11 is 0. The molecular formula is C7H7N2O2. The van der Waals surface area contributed by atoms with Gasteiger partial charge in [0.2, 0.25) is 0 Å². The Balaban J connectivity index is 2.85. The van der Waals surface area contributed by atoms with E-state index in [1.54, 1.807) is 30.3 Å². The quantitative estimate of drug-likeness (QED) is 0.475. The Bertz CT molecular complexity index is 248. The van der Waals surface area contributed by atoms with Crippen LogP contribution < -0.4 is 5.01 Å². The second-order valence-electron chi connectivity index (χ2n) is 1.97. The van der Waals surface area contributed by atoms with Crippen LogP contribution in [-0.2, 0) is 0 Å². The third kappa shape index (κ3) is 1.67. The van der Waals surface area contributed by atoms with Crippen LogP contribution in [0, 0.1) is 17.2 Å². The summed E-state index contributed by atoms with van der Waals surface area (Å²) in [7, 11) is 3.24. The molecule has 0 saturated carbocycles. The van der Waals surface area contributed by atoms with Crippen molar-refractivity contribution >= 4 is 5.69 Å². The summed E-state index contributed by atoms with van der Waals surface area (Å²) < 4.78 is 0. The molecule has 0 unspecified atom stereocenters. The first-order chi connectivity index (χ1) is 5.22. The molecule has 1 rings (SSSR count). The van der Waals surface area contributed by atoms with Crippen LogP contribution >= 0.6 is 0 Å². The molecule has 4 nitrogen and oxygen atoms in total. The second-order valence-corrected chi connectivity index (χ2v) is 1.97. The number of benzene rings is 1. The number of anilines is 1. The van der Waals surface area contributed by atoms with Gasteiger partial charge in [0, 0.05) is 0 Å². The molecule has 0 bridgehead atoms. The molecule has 0 fully saturated rings.